The van der Waals surface area contributed by atoms with Crippen LogP contribution in [-0.4, -0.2) is 47.1 Å². The van der Waals surface area contributed by atoms with Gasteiger partial charge in [-0.05, 0) is 117 Å². The average molecular weight is 1550 g/mol. The molecule has 0 saturated carbocycles. The Morgan fingerprint density at radius 2 is 0.578 bits per heavy atom. The van der Waals surface area contributed by atoms with Crippen LogP contribution in [0.15, 0.2) is 364 Å². The molecule has 7 aromatic heterocycles. The van der Waals surface area contributed by atoms with Crippen LogP contribution in [0, 0.1) is 0 Å². The van der Waals surface area contributed by atoms with E-state index in [0.29, 0.717) is 34.9 Å². The van der Waals surface area contributed by atoms with Gasteiger partial charge in [0.2, 0.25) is 0 Å². The van der Waals surface area contributed by atoms with E-state index in [1.807, 2.05) is 59.1 Å². The summed E-state index contributed by atoms with van der Waals surface area (Å²) in [6, 6.07) is 130. The van der Waals surface area contributed by atoms with E-state index in [0.717, 1.165) is 66.8 Å². The summed E-state index contributed by atoms with van der Waals surface area (Å²) in [5, 5.41) is 15.4. The minimum atomic E-state index is -1.92. The number of hydrogen-bond donors (Lipinski definition) is 0. The Morgan fingerprint density at radius 3 is 1.10 bits per heavy atom. The lowest BCUT2D eigenvalue weighted by Crippen LogP contribution is -2.49. The van der Waals surface area contributed by atoms with E-state index < -0.39 is 8.07 Å². The van der Waals surface area contributed by atoms with Crippen molar-refractivity contribution in [2.24, 2.45) is 0 Å². The Balaban J connectivity index is 0.000000137. The minimum absolute atomic E-state index is 0.632. The van der Waals surface area contributed by atoms with Gasteiger partial charge < -0.3 is 9.13 Å². The molecule has 0 fully saturated rings. The lowest BCUT2D eigenvalue weighted by atomic mass is 10.0. The Bertz CT molecular complexity index is 7940. The Labute approximate surface area is 680 Å². The average Bonchev–Trinajstić information content (AvgIpc) is 1.60. The molecule has 1 aliphatic heterocycles. The summed E-state index contributed by atoms with van der Waals surface area (Å²) in [4.78, 5) is 31.4. The van der Waals surface area contributed by atoms with E-state index in [9.17, 15) is 0 Å². The highest BCUT2D eigenvalue weighted by Gasteiger charge is 2.38. The highest BCUT2D eigenvalue weighted by molar-refractivity contribution is 7.27. The summed E-state index contributed by atoms with van der Waals surface area (Å²) >= 11 is 5.54. The fourth-order valence-corrected chi connectivity index (χ4v) is 24.6. The minimum Gasteiger partial charge on any atom is -0.308 e. The van der Waals surface area contributed by atoms with Gasteiger partial charge in [-0.1, -0.05) is 304 Å². The zero-order chi connectivity index (χ0) is 76.7. The van der Waals surface area contributed by atoms with Gasteiger partial charge in [0.05, 0.1) is 33.4 Å². The lowest BCUT2D eigenvalue weighted by Gasteiger charge is -2.19. The molecule has 8 nitrogen and oxygen atoms in total. The Kier molecular flexibility index (Phi) is 15.8. The van der Waals surface area contributed by atoms with Crippen LogP contribution in [0.25, 0.3) is 217 Å². The van der Waals surface area contributed by atoms with Crippen molar-refractivity contribution in [3.8, 4) is 113 Å². The largest absolute Gasteiger partial charge is 0.308 e. The summed E-state index contributed by atoms with van der Waals surface area (Å²) in [5.41, 5.74) is 20.1. The standard InChI is InChI=1S/C53H36N4SSi.C51H30N4S2/c1-59(2)48-27-14-11-21-38(48)39-29-28-35(30-49(39)59)52-54-51(34-18-7-4-8-19-34)55-53(56-52)41-22-10-13-26-45(41)57-44-25-12-9-20-37(44)42-31-43-40-24-15-23-36(33-16-5-3-6-17-33)50(40)58-47(43)32-46(42)57;1-3-14-31(15-4-1)34-21-13-22-38-41-29-40-35-18-7-10-23-42(35)55(44(40)30-47(41)57-48(34)38)43-24-11-8-20-39(43)51-53-49(32-16-5-2-6-17-32)52-50(54-51)33-26-27-37-36-19-9-12-25-45(36)56-46(37)28-33/h3-32H,1-2H3;1-30H. The molecule has 544 valence electrons. The molecule has 0 bridgehead atoms. The first-order chi connectivity index (χ1) is 57.3. The predicted octanol–water partition coefficient (Wildman–Crippen LogP) is 27.2. The summed E-state index contributed by atoms with van der Waals surface area (Å²) < 4.78 is 12.4. The number of para-hydroxylation sites is 4. The van der Waals surface area contributed by atoms with Crippen molar-refractivity contribution in [3.63, 3.8) is 0 Å². The quantitative estimate of drug-likeness (QED) is 0.127. The van der Waals surface area contributed by atoms with E-state index in [4.69, 9.17) is 29.9 Å². The van der Waals surface area contributed by atoms with Crippen LogP contribution in [0.4, 0.5) is 0 Å². The second kappa shape index (κ2) is 27.1. The highest BCUT2D eigenvalue weighted by atomic mass is 32.1. The first kappa shape index (κ1) is 67.7. The maximum Gasteiger partial charge on any atom is 0.166 e. The van der Waals surface area contributed by atoms with Crippen molar-refractivity contribution >= 4 is 157 Å². The number of nitrogens with zero attached hydrogens (tertiary/aromatic N) is 8. The topological polar surface area (TPSA) is 87.2 Å². The van der Waals surface area contributed by atoms with Gasteiger partial charge in [-0.25, -0.2) is 29.9 Å². The molecule has 12 heteroatoms. The molecule has 0 radical (unpaired) electrons. The molecule has 0 atom stereocenters. The molecular formula is C104H66N8S3Si. The molecular weight excluding hydrogens is 1490 g/mol. The second-order valence-electron chi connectivity index (χ2n) is 30.4. The van der Waals surface area contributed by atoms with Crippen molar-refractivity contribution < 1.29 is 0 Å². The number of thiophene rings is 3. The number of hydrogen-bond acceptors (Lipinski definition) is 9. The molecule has 1 aliphatic rings. The fourth-order valence-electron chi connectivity index (χ4n) is 17.8. The van der Waals surface area contributed by atoms with Crippen LogP contribution in [0.1, 0.15) is 0 Å². The SMILES string of the molecule is C[Si]1(C)c2ccccc2-c2ccc(-c3nc(-c4ccccc4)nc(-c4ccccc4-n4c5ccccc5c5cc6c(cc54)sc4c(-c5ccccc5)cccc46)n3)cc21.c1ccc(-c2nc(-c3ccc4c(c3)sc3ccccc34)nc(-c3ccccc3-n3c4ccccc4c4cc5c(cc43)sc3c(-c4ccccc4)cccc35)n2)cc1. The van der Waals surface area contributed by atoms with Gasteiger partial charge in [0.15, 0.2) is 34.9 Å². The van der Waals surface area contributed by atoms with Crippen LogP contribution in [-0.2, 0) is 0 Å². The molecule has 23 aromatic rings. The Morgan fingerprint density at radius 1 is 0.207 bits per heavy atom. The van der Waals surface area contributed by atoms with Crippen molar-refractivity contribution in [3.05, 3.63) is 364 Å². The van der Waals surface area contributed by atoms with Crippen molar-refractivity contribution in [1.82, 2.24) is 39.0 Å². The molecule has 0 saturated heterocycles. The molecule has 16 aromatic carbocycles. The van der Waals surface area contributed by atoms with Gasteiger partial charge in [0, 0.05) is 115 Å². The van der Waals surface area contributed by atoms with E-state index in [1.165, 1.54) is 126 Å². The third-order valence-corrected chi connectivity index (χ3v) is 30.4. The van der Waals surface area contributed by atoms with Crippen LogP contribution < -0.4 is 10.4 Å². The molecule has 0 spiro atoms. The van der Waals surface area contributed by atoms with Crippen molar-refractivity contribution in [2.45, 2.75) is 13.1 Å². The van der Waals surface area contributed by atoms with E-state index in [-0.39, 0.29) is 0 Å². The third kappa shape index (κ3) is 11.0. The zero-order valence-electron chi connectivity index (χ0n) is 62.9. The Hall–Kier alpha value is -14.0. The first-order valence-corrected chi connectivity index (χ1v) is 44.6. The lowest BCUT2D eigenvalue weighted by molar-refractivity contribution is 1.06. The van der Waals surface area contributed by atoms with Crippen molar-refractivity contribution in [1.29, 1.82) is 0 Å². The number of fused-ring (bicyclic) bond motifs is 18. The van der Waals surface area contributed by atoms with Gasteiger partial charge in [-0.3, -0.25) is 0 Å². The van der Waals surface area contributed by atoms with Crippen molar-refractivity contribution in [2.75, 3.05) is 0 Å². The summed E-state index contributed by atoms with van der Waals surface area (Å²) in [6.45, 7) is 4.90. The molecule has 24 rings (SSSR count). The summed E-state index contributed by atoms with van der Waals surface area (Å²) in [5.74, 6) is 3.90. The molecule has 0 aliphatic carbocycles. The third-order valence-electron chi connectivity index (χ3n) is 23.3. The van der Waals surface area contributed by atoms with Gasteiger partial charge >= 0.3 is 0 Å². The maximum atomic E-state index is 5.35. The summed E-state index contributed by atoms with van der Waals surface area (Å²) in [7, 11) is -1.92. The van der Waals surface area contributed by atoms with Crippen LogP contribution in [0.2, 0.25) is 13.1 Å². The number of aromatic nitrogens is 8. The number of rotatable bonds is 10. The van der Waals surface area contributed by atoms with Gasteiger partial charge in [0.25, 0.3) is 0 Å². The van der Waals surface area contributed by atoms with Gasteiger partial charge in [-0.2, -0.15) is 0 Å². The van der Waals surface area contributed by atoms with E-state index in [1.54, 1.807) is 11.3 Å². The molecule has 116 heavy (non-hydrogen) atoms. The second-order valence-corrected chi connectivity index (χ2v) is 37.9. The molecule has 8 heterocycles. The van der Waals surface area contributed by atoms with Gasteiger partial charge in [0.1, 0.15) is 8.07 Å². The maximum absolute atomic E-state index is 5.35. The van der Waals surface area contributed by atoms with Crippen LogP contribution >= 0.6 is 34.0 Å². The molecule has 0 amide bonds. The van der Waals surface area contributed by atoms with Crippen LogP contribution in [0.5, 0.6) is 0 Å². The monoisotopic (exact) mass is 1550 g/mol. The smallest absolute Gasteiger partial charge is 0.166 e. The van der Waals surface area contributed by atoms with Gasteiger partial charge in [-0.15, -0.1) is 34.0 Å². The van der Waals surface area contributed by atoms with E-state index in [2.05, 4.69) is 350 Å². The zero-order valence-corrected chi connectivity index (χ0v) is 66.4. The highest BCUT2D eigenvalue weighted by Crippen LogP contribution is 2.48. The molecule has 0 unspecified atom stereocenters. The van der Waals surface area contributed by atoms with Crippen LogP contribution in [0.3, 0.4) is 0 Å². The predicted molar refractivity (Wildman–Crippen MR) is 493 cm³/mol. The molecule has 0 N–H and O–H groups in total. The van der Waals surface area contributed by atoms with E-state index >= 15 is 0 Å². The number of benzene rings is 16. The summed E-state index contributed by atoms with van der Waals surface area (Å²) in [6.07, 6.45) is 0. The first-order valence-electron chi connectivity index (χ1n) is 39.1. The fraction of sp³-hybridized carbons (Fsp3) is 0.0192. The normalized spacial score (nSPS) is 12.5.